The number of para-hydroxylation sites is 3. The number of benzene rings is 4. The number of carbonyl (C=O) groups is 2. The van der Waals surface area contributed by atoms with Crippen LogP contribution in [0.1, 0.15) is 131 Å². The Kier molecular flexibility index (Phi) is 15.0. The summed E-state index contributed by atoms with van der Waals surface area (Å²) in [5.74, 6) is 1.13. The molecule has 2 aliphatic heterocycles. The van der Waals surface area contributed by atoms with Crippen LogP contribution in [0.25, 0.3) is 0 Å². The number of anilines is 3. The van der Waals surface area contributed by atoms with Gasteiger partial charge in [0, 0.05) is 24.5 Å². The third-order valence-electron chi connectivity index (χ3n) is 10.4. The maximum Gasteiger partial charge on any atom is 0.0156 e. The maximum atomic E-state index is 13.2. The smallest absolute Gasteiger partial charge is 0.0156 e. The maximum absolute atomic E-state index is 13.2. The van der Waals surface area contributed by atoms with E-state index < -0.39 is 36.4 Å². The number of fused-ring (bicyclic) bond motifs is 1. The molecular formula is C46H55Cl2N4O5Ru-. The SMILES string of the molecule is CC(C)C1Oc2c([CH]=[Ru]([Cl])[Cl])cccc2N(C(=O)c2ccc([N+](=O)[O-])cc2)C1=O.CC(C)c1cccc(C(C)C)c1N1[CH-]N(c2c(C(C)C)cccc2C(C)C)CC1. The summed E-state index contributed by atoms with van der Waals surface area (Å²) in [4.78, 5) is 42.6. The van der Waals surface area contributed by atoms with Crippen LogP contribution in [0.15, 0.2) is 78.9 Å². The van der Waals surface area contributed by atoms with E-state index in [1.165, 1.54) is 57.9 Å². The molecule has 0 radical (unpaired) electrons. The Balaban J connectivity index is 0.000000221. The second-order valence-electron chi connectivity index (χ2n) is 16.3. The molecule has 58 heavy (non-hydrogen) atoms. The number of ether oxygens (including phenoxy) is 1. The van der Waals surface area contributed by atoms with E-state index in [1.54, 1.807) is 22.8 Å². The zero-order chi connectivity index (χ0) is 42.6. The fourth-order valence-electron chi connectivity index (χ4n) is 7.44. The number of amides is 2. The zero-order valence-electron chi connectivity index (χ0n) is 35.0. The molecule has 12 heteroatoms. The van der Waals surface area contributed by atoms with Crippen LogP contribution in [0, 0.1) is 22.7 Å². The molecule has 0 spiro atoms. The standard InChI is InChI=1S/C27H39N2.C19H16N2O5.2ClH.Ru/c1-18(2)22-11-9-12-23(19(3)4)26(22)28-15-16-29(17-28)27-24(20(5)6)13-10-14-25(27)21(7)8;1-11(2)16-19(23)20(15-6-4-5-12(3)17(15)26-16)18(22)13-7-9-14(10-8-13)21(24)25;;;/h9-14,17-21H,15-16H2,1-8H3;3-11,16H,1-2H3;2*1H;/q-1;;;;+2/p-2. The Morgan fingerprint density at radius 2 is 1.21 bits per heavy atom. The minimum Gasteiger partial charge on any atom is -0.502 e. The van der Waals surface area contributed by atoms with E-state index in [4.69, 9.17) is 24.1 Å². The van der Waals surface area contributed by atoms with Crippen molar-refractivity contribution < 1.29 is 32.8 Å². The third-order valence-corrected chi connectivity index (χ3v) is 12.2. The molecule has 0 saturated carbocycles. The molecule has 312 valence electrons. The van der Waals surface area contributed by atoms with Crippen molar-refractivity contribution in [2.24, 2.45) is 5.92 Å². The van der Waals surface area contributed by atoms with E-state index in [9.17, 15) is 19.7 Å². The first-order valence-corrected chi connectivity index (χ1v) is 25.3. The van der Waals surface area contributed by atoms with Crippen molar-refractivity contribution >= 4 is 58.6 Å². The second-order valence-corrected chi connectivity index (χ2v) is 22.0. The molecule has 1 saturated heterocycles. The fraction of sp³-hybridized carbons (Fsp3) is 0.391. The average Bonchev–Trinajstić information content (AvgIpc) is 3.66. The van der Waals surface area contributed by atoms with Gasteiger partial charge in [-0.2, -0.15) is 6.67 Å². The Bertz CT molecular complexity index is 2040. The fourth-order valence-corrected chi connectivity index (χ4v) is 9.23. The van der Waals surface area contributed by atoms with Crippen LogP contribution < -0.4 is 19.4 Å². The topological polar surface area (TPSA) is 96.2 Å². The molecule has 4 aromatic rings. The van der Waals surface area contributed by atoms with Crippen molar-refractivity contribution in [3.05, 3.63) is 129 Å². The summed E-state index contributed by atoms with van der Waals surface area (Å²) in [6.45, 7) is 26.5. The van der Waals surface area contributed by atoms with E-state index in [2.05, 4.69) is 108 Å². The van der Waals surface area contributed by atoms with Crippen molar-refractivity contribution in [2.45, 2.75) is 99.0 Å². The summed E-state index contributed by atoms with van der Waals surface area (Å²) >= 11 is -2.18. The van der Waals surface area contributed by atoms with Crippen LogP contribution in [-0.4, -0.2) is 40.5 Å². The Labute approximate surface area is 356 Å². The molecule has 1 atom stereocenters. The van der Waals surface area contributed by atoms with Gasteiger partial charge in [0.05, 0.1) is 0 Å². The first kappa shape index (κ1) is 45.0. The van der Waals surface area contributed by atoms with E-state index in [0.717, 1.165) is 18.0 Å². The number of nitro groups is 1. The van der Waals surface area contributed by atoms with Crippen LogP contribution >= 0.6 is 19.4 Å². The van der Waals surface area contributed by atoms with Crippen LogP contribution in [0.4, 0.5) is 22.7 Å². The van der Waals surface area contributed by atoms with Gasteiger partial charge in [0.1, 0.15) is 0 Å². The molecule has 1 fully saturated rings. The Hall–Kier alpha value is -4.11. The number of non-ortho nitro benzene ring substituents is 1. The molecule has 2 amide bonds. The summed E-state index contributed by atoms with van der Waals surface area (Å²) in [5.41, 5.74) is 9.57. The summed E-state index contributed by atoms with van der Waals surface area (Å²) in [5, 5.41) is 10.9. The van der Waals surface area contributed by atoms with Crippen molar-refractivity contribution in [2.75, 3.05) is 27.8 Å². The molecule has 6 rings (SSSR count). The number of carbonyl (C=O) groups excluding carboxylic acids is 2. The minimum absolute atomic E-state index is 0.146. The predicted molar refractivity (Wildman–Crippen MR) is 236 cm³/mol. The number of hydrogen-bond acceptors (Lipinski definition) is 7. The number of rotatable bonds is 10. The number of imide groups is 1. The van der Waals surface area contributed by atoms with Crippen LogP contribution in [0.5, 0.6) is 5.75 Å². The van der Waals surface area contributed by atoms with E-state index in [0.29, 0.717) is 35.0 Å². The van der Waals surface area contributed by atoms with Crippen molar-refractivity contribution in [3.8, 4) is 5.75 Å². The van der Waals surface area contributed by atoms with Gasteiger partial charge in [0.25, 0.3) is 0 Å². The minimum atomic E-state index is -2.18. The Morgan fingerprint density at radius 1 is 0.759 bits per heavy atom. The largest absolute Gasteiger partial charge is 0.502 e. The first-order valence-electron chi connectivity index (χ1n) is 19.8. The first-order chi connectivity index (χ1) is 27.4. The molecule has 0 aromatic heterocycles. The molecule has 9 nitrogen and oxygen atoms in total. The monoisotopic (exact) mass is 915 g/mol. The average molecular weight is 916 g/mol. The van der Waals surface area contributed by atoms with Crippen LogP contribution in [0.2, 0.25) is 0 Å². The van der Waals surface area contributed by atoms with Gasteiger partial charge in [-0.15, -0.1) is 0 Å². The zero-order valence-corrected chi connectivity index (χ0v) is 38.2. The van der Waals surface area contributed by atoms with Gasteiger partial charge < -0.3 is 9.80 Å². The van der Waals surface area contributed by atoms with Gasteiger partial charge in [0.2, 0.25) is 0 Å². The van der Waals surface area contributed by atoms with E-state index in [-0.39, 0.29) is 22.9 Å². The van der Waals surface area contributed by atoms with Gasteiger partial charge >= 0.3 is 180 Å². The van der Waals surface area contributed by atoms with Crippen LogP contribution in [0.3, 0.4) is 0 Å². The Morgan fingerprint density at radius 3 is 1.60 bits per heavy atom. The second kappa shape index (κ2) is 19.3. The molecule has 1 unspecified atom stereocenters. The van der Waals surface area contributed by atoms with E-state index >= 15 is 0 Å². The number of nitro benzene ring substituents is 1. The van der Waals surface area contributed by atoms with Gasteiger partial charge in [-0.1, -0.05) is 91.8 Å². The van der Waals surface area contributed by atoms with E-state index in [1.807, 2.05) is 13.8 Å². The van der Waals surface area contributed by atoms with Gasteiger partial charge in [-0.3, -0.25) is 0 Å². The molecule has 0 aliphatic carbocycles. The summed E-state index contributed by atoms with van der Waals surface area (Å²) in [6.07, 6.45) is -0.870. The molecule has 4 aromatic carbocycles. The number of halogens is 2. The molecule has 0 bridgehead atoms. The molecule has 2 heterocycles. The molecular weight excluding hydrogens is 861 g/mol. The van der Waals surface area contributed by atoms with Gasteiger partial charge in [-0.25, -0.2) is 0 Å². The summed E-state index contributed by atoms with van der Waals surface area (Å²) in [6, 6.07) is 23.8. The normalized spacial score (nSPS) is 15.5. The van der Waals surface area contributed by atoms with Crippen molar-refractivity contribution in [1.82, 2.24) is 0 Å². The van der Waals surface area contributed by atoms with Gasteiger partial charge in [-0.05, 0) is 45.9 Å². The summed E-state index contributed by atoms with van der Waals surface area (Å²) in [7, 11) is 12.0. The molecule has 0 N–H and O–H groups in total. The third kappa shape index (κ3) is 9.84. The van der Waals surface area contributed by atoms with Crippen LogP contribution in [-0.2, 0) is 18.3 Å². The quantitative estimate of drug-likeness (QED) is 0.0514. The van der Waals surface area contributed by atoms with Gasteiger partial charge in [0.15, 0.2) is 0 Å². The number of nitrogens with zero attached hydrogens (tertiary/aromatic N) is 4. The number of hydrogen-bond donors (Lipinski definition) is 0. The van der Waals surface area contributed by atoms with Crippen molar-refractivity contribution in [3.63, 3.8) is 0 Å². The molecule has 2 aliphatic rings. The predicted octanol–water partition coefficient (Wildman–Crippen LogP) is 11.9. The van der Waals surface area contributed by atoms with Crippen molar-refractivity contribution in [1.29, 1.82) is 0 Å². The summed E-state index contributed by atoms with van der Waals surface area (Å²) < 4.78 is 7.63.